The molecule has 347 valence electrons. The third-order valence-electron chi connectivity index (χ3n) is 11.2. The molecule has 0 heterocycles. The van der Waals surface area contributed by atoms with Gasteiger partial charge < -0.3 is 33.7 Å². The molecule has 0 atom stereocenters. The van der Waals surface area contributed by atoms with Crippen LogP contribution in [0.1, 0.15) is 128 Å². The average Bonchev–Trinajstić information content (AvgIpc) is 3.03. The van der Waals surface area contributed by atoms with Crippen LogP contribution in [0.2, 0.25) is 118 Å². The fraction of sp³-hybridized carbons (Fsp3) is 0.955. The fourth-order valence-corrected chi connectivity index (χ4v) is 37.0. The van der Waals surface area contributed by atoms with Crippen molar-refractivity contribution in [1.29, 1.82) is 0 Å². The predicted molar refractivity (Wildman–Crippen MR) is 276 cm³/mol. The summed E-state index contributed by atoms with van der Waals surface area (Å²) < 4.78 is 10.3. The van der Waals surface area contributed by atoms with E-state index in [1.165, 1.54) is 128 Å². The summed E-state index contributed by atoms with van der Waals surface area (Å²) in [5.41, 5.74) is 0. The Morgan fingerprint density at radius 2 is 0.586 bits per heavy atom. The van der Waals surface area contributed by atoms with Crippen LogP contribution in [0.4, 0.5) is 0 Å². The zero-order chi connectivity index (χ0) is 43.3. The summed E-state index contributed by atoms with van der Waals surface area (Å²) in [6.45, 7) is 43.4. The molecule has 58 heavy (non-hydrogen) atoms. The largest absolute Gasteiger partial charge is 3.00 e. The molecule has 0 bridgehead atoms. The number of hydrogen-bond acceptors (Lipinski definition) is 2. The summed E-state index contributed by atoms with van der Waals surface area (Å²) in [4.78, 5) is 10.6. The zero-order valence-corrected chi connectivity index (χ0v) is 49.6. The fourth-order valence-electron chi connectivity index (χ4n) is 10.0. The standard InChI is InChI=1S/2C19H40N3Si2.C6H18NSi2.Yb/c2*1-23(2,3)22(24(4,5)6)19(20-17-13-9-7-10-14-17)21-18-15-11-8-12-16-18;1-8(2,3)7-9(4,5)6;/h2*17-18H,7-16H2,1-6H3;1-6H3;/q3*-1;+3. The van der Waals surface area contributed by atoms with Crippen LogP contribution in [0.3, 0.4) is 0 Å². The number of hydrogen-bond donors (Lipinski definition) is 0. The van der Waals surface area contributed by atoms with Crippen LogP contribution in [0.15, 0.2) is 9.98 Å². The van der Waals surface area contributed by atoms with E-state index in [2.05, 4.69) is 126 Å². The van der Waals surface area contributed by atoms with Crippen LogP contribution in [0.5, 0.6) is 0 Å². The van der Waals surface area contributed by atoms with Crippen LogP contribution in [0.25, 0.3) is 15.3 Å². The van der Waals surface area contributed by atoms with Crippen molar-refractivity contribution < 1.29 is 46.9 Å². The van der Waals surface area contributed by atoms with Gasteiger partial charge in [0.15, 0.2) is 0 Å². The smallest absolute Gasteiger partial charge is 0.668 e. The van der Waals surface area contributed by atoms with E-state index >= 15 is 0 Å². The molecular weight excluding hydrogens is 968 g/mol. The Morgan fingerprint density at radius 1 is 0.362 bits per heavy atom. The van der Waals surface area contributed by atoms with Crippen LogP contribution < -0.4 is 0 Å². The van der Waals surface area contributed by atoms with Gasteiger partial charge in [0.2, 0.25) is 0 Å². The number of nitrogens with zero attached hydrogens (tertiary/aromatic N) is 7. The van der Waals surface area contributed by atoms with Crippen LogP contribution in [-0.4, -0.2) is 94.0 Å². The molecule has 0 N–H and O–H groups in total. The van der Waals surface area contributed by atoms with E-state index in [-0.39, 0.29) is 46.9 Å². The van der Waals surface area contributed by atoms with Crippen molar-refractivity contribution in [3.05, 3.63) is 15.3 Å². The maximum absolute atomic E-state index is 5.31. The topological polar surface area (TPSA) is 73.5 Å². The van der Waals surface area contributed by atoms with E-state index in [0.29, 0.717) is 24.2 Å². The molecule has 4 rings (SSSR count). The Morgan fingerprint density at radius 3 is 0.776 bits per heavy atom. The zero-order valence-electron chi connectivity index (χ0n) is 41.8. The van der Waals surface area contributed by atoms with Crippen LogP contribution >= 0.6 is 0 Å². The predicted octanol–water partition coefficient (Wildman–Crippen LogP) is 15.7. The van der Waals surface area contributed by atoms with Crippen LogP contribution in [-0.2, 0) is 0 Å². The molecule has 0 spiro atoms. The number of guanidine groups is 2. The summed E-state index contributed by atoms with van der Waals surface area (Å²) in [5.74, 6) is 2.32. The van der Waals surface area contributed by atoms with Gasteiger partial charge in [0.05, 0.1) is 32.9 Å². The van der Waals surface area contributed by atoms with Crippen molar-refractivity contribution in [2.45, 2.75) is 270 Å². The molecule has 7 nitrogen and oxygen atoms in total. The van der Waals surface area contributed by atoms with Gasteiger partial charge in [0.1, 0.15) is 0 Å². The SMILES string of the molecule is C[Si](C)(C)N(C(=NC1CCCCC1)[N-]C1CCCCC1)[Si](C)(C)C.C[Si](C)(C)N(C(=NC1CCCCC1)[N-]C1CCCCC1)[Si](C)(C)C.C[Si](C)(C)[N-][Si](C)(C)C.[Yb+3]. The van der Waals surface area contributed by atoms with E-state index < -0.39 is 49.4 Å². The monoisotopic (exact) mass is 1070 g/mol. The van der Waals surface area contributed by atoms with E-state index in [0.717, 1.165) is 11.9 Å². The first-order chi connectivity index (χ1) is 26.1. The minimum atomic E-state index is -1.48. The van der Waals surface area contributed by atoms with Crippen molar-refractivity contribution in [3.63, 3.8) is 0 Å². The molecule has 0 aromatic rings. The molecule has 4 fully saturated rings. The van der Waals surface area contributed by atoms with Crippen molar-refractivity contribution in [1.82, 2.24) is 8.46 Å². The number of rotatable bonds is 10. The van der Waals surface area contributed by atoms with E-state index in [1.807, 2.05) is 0 Å². The van der Waals surface area contributed by atoms with Crippen molar-refractivity contribution in [3.8, 4) is 0 Å². The summed E-state index contributed by atoms with van der Waals surface area (Å²) in [5, 5.41) is 10.6. The van der Waals surface area contributed by atoms with Gasteiger partial charge in [-0.05, 0) is 75.5 Å². The molecule has 1 radical (unpaired) electrons. The first-order valence-corrected chi connectivity index (χ1v) is 44.7. The van der Waals surface area contributed by atoms with Gasteiger partial charge in [-0.3, -0.25) is 0 Å². The van der Waals surface area contributed by atoms with E-state index in [9.17, 15) is 0 Å². The normalized spacial score (nSPS) is 20.8. The first kappa shape index (κ1) is 57.3. The average molecular weight is 1070 g/mol. The molecule has 4 aliphatic carbocycles. The van der Waals surface area contributed by atoms with Gasteiger partial charge in [0, 0.05) is 11.9 Å². The van der Waals surface area contributed by atoms with Crippen molar-refractivity contribution >= 4 is 61.3 Å². The Hall–Kier alpha value is 1.32. The van der Waals surface area contributed by atoms with E-state index in [1.54, 1.807) is 0 Å². The molecule has 0 aliphatic heterocycles. The summed E-state index contributed by atoms with van der Waals surface area (Å²) in [6.07, 6.45) is 26.6. The molecule has 0 amide bonds. The van der Waals surface area contributed by atoms with Gasteiger partial charge in [-0.15, -0.1) is 0 Å². The Labute approximate surface area is 408 Å². The van der Waals surface area contributed by atoms with Gasteiger partial charge in [0.25, 0.3) is 0 Å². The summed E-state index contributed by atoms with van der Waals surface area (Å²) >= 11 is 0. The summed E-state index contributed by atoms with van der Waals surface area (Å²) in [6, 6.07) is 2.10. The molecule has 14 heteroatoms. The van der Waals surface area contributed by atoms with Gasteiger partial charge in [-0.25, -0.2) is 0 Å². The maximum Gasteiger partial charge on any atom is 3.00 e. The Bertz CT molecular complexity index is 1070. The van der Waals surface area contributed by atoms with E-state index in [4.69, 9.17) is 25.3 Å². The Balaban J connectivity index is 0.000000474. The van der Waals surface area contributed by atoms with Crippen LogP contribution in [0, 0.1) is 46.9 Å². The van der Waals surface area contributed by atoms with Gasteiger partial charge in [-0.1, -0.05) is 211 Å². The molecule has 0 unspecified atom stereocenters. The quantitative estimate of drug-likeness (QED) is 0.124. The maximum atomic E-state index is 5.31. The molecule has 0 saturated heterocycles. The first-order valence-electron chi connectivity index (χ1n) is 24.0. The second kappa shape index (κ2) is 25.7. The minimum absolute atomic E-state index is 0. The minimum Gasteiger partial charge on any atom is -0.668 e. The molecule has 0 aromatic carbocycles. The van der Waals surface area contributed by atoms with Crippen molar-refractivity contribution in [2.75, 3.05) is 0 Å². The molecule has 4 saturated carbocycles. The third kappa shape index (κ3) is 23.8. The Kier molecular flexibility index (Phi) is 25.4. The van der Waals surface area contributed by atoms with Gasteiger partial charge in [-0.2, -0.15) is 0 Å². The second-order valence-corrected chi connectivity index (χ2v) is 53.7. The second-order valence-electron chi connectivity index (χ2n) is 24.1. The number of aliphatic imine (C=N–C) groups is 2. The summed E-state index contributed by atoms with van der Waals surface area (Å²) in [7, 11) is -8.15. The van der Waals surface area contributed by atoms with Gasteiger partial charge >= 0.3 is 46.9 Å². The molecule has 4 aliphatic rings. The third-order valence-corrected chi connectivity index (χ3v) is 30.8. The molecular formula is C44H98N7Si6Yb. The van der Waals surface area contributed by atoms with Crippen molar-refractivity contribution in [2.24, 2.45) is 9.98 Å². The molecule has 0 aromatic heterocycles.